The van der Waals surface area contributed by atoms with E-state index in [0.29, 0.717) is 16.9 Å². The van der Waals surface area contributed by atoms with Gasteiger partial charge in [-0.15, -0.1) is 11.8 Å². The molecule has 1 saturated heterocycles. The topological polar surface area (TPSA) is 83.6 Å². The molecule has 1 aliphatic heterocycles. The smallest absolute Gasteiger partial charge is 0.247 e. The molecule has 27 heavy (non-hydrogen) atoms. The number of benzene rings is 2. The van der Waals surface area contributed by atoms with Gasteiger partial charge in [-0.05, 0) is 43.3 Å². The fourth-order valence-corrected chi connectivity index (χ4v) is 3.68. The Labute approximate surface area is 160 Å². The number of carbonyl (C=O) groups excluding carboxylic acids is 4. The maximum Gasteiger partial charge on any atom is 0.247 e. The molecule has 1 fully saturated rings. The van der Waals surface area contributed by atoms with Gasteiger partial charge in [0.05, 0.1) is 16.7 Å². The normalized spacial score (nSPS) is 16.5. The molecule has 3 rings (SSSR count). The van der Waals surface area contributed by atoms with E-state index in [0.717, 1.165) is 11.8 Å². The summed E-state index contributed by atoms with van der Waals surface area (Å²) in [4.78, 5) is 49.2. The Kier molecular flexibility index (Phi) is 5.71. The third-order valence-electron chi connectivity index (χ3n) is 4.11. The molecular formula is C20H18N2O4S. The van der Waals surface area contributed by atoms with Crippen LogP contribution in [-0.4, -0.2) is 34.5 Å². The predicted molar refractivity (Wildman–Crippen MR) is 105 cm³/mol. The zero-order chi connectivity index (χ0) is 19.4. The van der Waals surface area contributed by atoms with Crippen LogP contribution in [0.2, 0.25) is 0 Å². The largest absolute Gasteiger partial charge is 0.325 e. The zero-order valence-electron chi connectivity index (χ0n) is 14.7. The summed E-state index contributed by atoms with van der Waals surface area (Å²) in [7, 11) is 0. The summed E-state index contributed by atoms with van der Waals surface area (Å²) in [5.41, 5.74) is 1.69. The van der Waals surface area contributed by atoms with E-state index < -0.39 is 5.25 Å². The van der Waals surface area contributed by atoms with Gasteiger partial charge in [0, 0.05) is 17.7 Å². The van der Waals surface area contributed by atoms with Crippen LogP contribution >= 0.6 is 11.8 Å². The molecule has 6 nitrogen and oxygen atoms in total. The van der Waals surface area contributed by atoms with Crippen LogP contribution in [0.3, 0.4) is 0 Å². The van der Waals surface area contributed by atoms with Gasteiger partial charge in [-0.3, -0.25) is 19.2 Å². The Hall–Kier alpha value is -2.93. The number of para-hydroxylation sites is 1. The number of hydrogen-bond acceptors (Lipinski definition) is 5. The summed E-state index contributed by atoms with van der Waals surface area (Å²) < 4.78 is 0. The first-order chi connectivity index (χ1) is 13.0. The van der Waals surface area contributed by atoms with Crippen LogP contribution in [0.1, 0.15) is 23.7 Å². The van der Waals surface area contributed by atoms with E-state index in [1.807, 2.05) is 6.07 Å². The summed E-state index contributed by atoms with van der Waals surface area (Å²) in [5, 5.41) is 2.15. The van der Waals surface area contributed by atoms with Gasteiger partial charge in [0.1, 0.15) is 0 Å². The molecule has 2 aromatic carbocycles. The third-order valence-corrected chi connectivity index (χ3v) is 5.31. The number of ketones is 1. The lowest BCUT2D eigenvalue weighted by molar-refractivity contribution is -0.121. The summed E-state index contributed by atoms with van der Waals surface area (Å²) >= 11 is 1.15. The van der Waals surface area contributed by atoms with Gasteiger partial charge in [-0.2, -0.15) is 0 Å². The standard InChI is InChI=1S/C20H18N2O4S/c1-13(23)14-7-9-15(10-8-14)21-18(24)12-27-17-11-19(25)22(20(17)26)16-5-3-2-4-6-16/h2-10,17H,11-12H2,1H3,(H,21,24)/t17-/m0/s1. The van der Waals surface area contributed by atoms with Gasteiger partial charge in [0.2, 0.25) is 17.7 Å². The minimum Gasteiger partial charge on any atom is -0.325 e. The van der Waals surface area contributed by atoms with E-state index in [9.17, 15) is 19.2 Å². The lowest BCUT2D eigenvalue weighted by atomic mass is 10.1. The molecule has 3 amide bonds. The average Bonchev–Trinajstić information content (AvgIpc) is 2.94. The lowest BCUT2D eigenvalue weighted by Crippen LogP contribution is -2.31. The molecule has 0 radical (unpaired) electrons. The van der Waals surface area contributed by atoms with Crippen LogP contribution in [0.5, 0.6) is 0 Å². The number of carbonyl (C=O) groups is 4. The molecule has 138 valence electrons. The maximum atomic E-state index is 12.5. The molecule has 1 aliphatic rings. The van der Waals surface area contributed by atoms with Gasteiger partial charge in [0.15, 0.2) is 5.78 Å². The van der Waals surface area contributed by atoms with Crippen molar-refractivity contribution in [3.63, 3.8) is 0 Å². The highest BCUT2D eigenvalue weighted by Gasteiger charge is 2.39. The molecule has 1 atom stereocenters. The van der Waals surface area contributed by atoms with Gasteiger partial charge < -0.3 is 5.32 Å². The number of anilines is 2. The van der Waals surface area contributed by atoms with E-state index in [2.05, 4.69) is 5.32 Å². The maximum absolute atomic E-state index is 12.5. The number of imide groups is 1. The van der Waals surface area contributed by atoms with Crippen LogP contribution < -0.4 is 10.2 Å². The molecule has 0 saturated carbocycles. The van der Waals surface area contributed by atoms with Crippen molar-refractivity contribution >= 4 is 46.6 Å². The predicted octanol–water partition coefficient (Wildman–Crippen LogP) is 2.89. The monoisotopic (exact) mass is 382 g/mol. The second kappa shape index (κ2) is 8.18. The Morgan fingerprint density at radius 1 is 1.07 bits per heavy atom. The number of rotatable bonds is 6. The highest BCUT2D eigenvalue weighted by Crippen LogP contribution is 2.29. The molecule has 0 aliphatic carbocycles. The SMILES string of the molecule is CC(=O)c1ccc(NC(=O)CS[C@H]2CC(=O)N(c3ccccc3)C2=O)cc1. The van der Waals surface area contributed by atoms with Crippen LogP contribution in [-0.2, 0) is 14.4 Å². The van der Waals surface area contributed by atoms with Crippen molar-refractivity contribution in [3.05, 3.63) is 60.2 Å². The Balaban J connectivity index is 1.55. The van der Waals surface area contributed by atoms with E-state index in [1.165, 1.54) is 11.8 Å². The quantitative estimate of drug-likeness (QED) is 0.613. The molecule has 1 N–H and O–H groups in total. The highest BCUT2D eigenvalue weighted by molar-refractivity contribution is 8.01. The van der Waals surface area contributed by atoms with Gasteiger partial charge in [-0.25, -0.2) is 4.90 Å². The van der Waals surface area contributed by atoms with E-state index in [4.69, 9.17) is 0 Å². The van der Waals surface area contributed by atoms with Crippen molar-refractivity contribution < 1.29 is 19.2 Å². The molecule has 0 spiro atoms. The second-order valence-electron chi connectivity index (χ2n) is 6.09. The van der Waals surface area contributed by atoms with E-state index in [-0.39, 0.29) is 35.7 Å². The molecular weight excluding hydrogens is 364 g/mol. The van der Waals surface area contributed by atoms with Crippen molar-refractivity contribution in [1.82, 2.24) is 0 Å². The lowest BCUT2D eigenvalue weighted by Gasteiger charge is -2.14. The number of thioether (sulfide) groups is 1. The van der Waals surface area contributed by atoms with Crippen LogP contribution in [0.25, 0.3) is 0 Å². The van der Waals surface area contributed by atoms with E-state index in [1.54, 1.807) is 48.5 Å². The zero-order valence-corrected chi connectivity index (χ0v) is 15.5. The molecule has 0 aromatic heterocycles. The Bertz CT molecular complexity index is 881. The number of nitrogens with one attached hydrogen (secondary N) is 1. The first-order valence-electron chi connectivity index (χ1n) is 8.40. The molecule has 0 bridgehead atoms. The summed E-state index contributed by atoms with van der Waals surface area (Å²) in [6.07, 6.45) is 0.0823. The minimum absolute atomic E-state index is 0.0455. The van der Waals surface area contributed by atoms with Crippen molar-refractivity contribution in [1.29, 1.82) is 0 Å². The summed E-state index contributed by atoms with van der Waals surface area (Å²) in [6, 6.07) is 15.3. The van der Waals surface area contributed by atoms with Gasteiger partial charge in [-0.1, -0.05) is 18.2 Å². The minimum atomic E-state index is -0.566. The average molecular weight is 382 g/mol. The van der Waals surface area contributed by atoms with Crippen LogP contribution in [0.15, 0.2) is 54.6 Å². The Morgan fingerprint density at radius 3 is 2.37 bits per heavy atom. The highest BCUT2D eigenvalue weighted by atomic mass is 32.2. The van der Waals surface area contributed by atoms with Crippen molar-refractivity contribution in [2.45, 2.75) is 18.6 Å². The summed E-state index contributed by atoms with van der Waals surface area (Å²) in [6.45, 7) is 1.48. The first-order valence-corrected chi connectivity index (χ1v) is 9.45. The van der Waals surface area contributed by atoms with Gasteiger partial charge >= 0.3 is 0 Å². The van der Waals surface area contributed by atoms with Crippen LogP contribution in [0.4, 0.5) is 11.4 Å². The van der Waals surface area contributed by atoms with Crippen molar-refractivity contribution in [2.75, 3.05) is 16.0 Å². The van der Waals surface area contributed by atoms with Crippen molar-refractivity contribution in [2.24, 2.45) is 0 Å². The Morgan fingerprint density at radius 2 is 1.74 bits per heavy atom. The fourth-order valence-electron chi connectivity index (χ4n) is 2.74. The number of amides is 3. The number of Topliss-reactive ketones (excluding diaryl/α,β-unsaturated/α-hetero) is 1. The first kappa shape index (κ1) is 18.8. The number of hydrogen-bond donors (Lipinski definition) is 1. The van der Waals surface area contributed by atoms with E-state index >= 15 is 0 Å². The third kappa shape index (κ3) is 4.43. The van der Waals surface area contributed by atoms with Gasteiger partial charge in [0.25, 0.3) is 0 Å². The summed E-state index contributed by atoms with van der Waals surface area (Å²) in [5.74, 6) is -0.815. The van der Waals surface area contributed by atoms with Crippen molar-refractivity contribution in [3.8, 4) is 0 Å². The molecule has 1 heterocycles. The molecule has 0 unspecified atom stereocenters. The molecule has 2 aromatic rings. The van der Waals surface area contributed by atoms with Crippen LogP contribution in [0, 0.1) is 0 Å². The second-order valence-corrected chi connectivity index (χ2v) is 7.28. The molecule has 7 heteroatoms. The number of nitrogens with zero attached hydrogens (tertiary/aromatic N) is 1. The fraction of sp³-hybridized carbons (Fsp3) is 0.200.